The van der Waals surface area contributed by atoms with E-state index in [1.165, 1.54) is 6.42 Å². The first-order chi connectivity index (χ1) is 5.40. The highest BCUT2D eigenvalue weighted by Gasteiger charge is 2.17. The average Bonchev–Trinajstić information content (AvgIpc) is 2.50. The summed E-state index contributed by atoms with van der Waals surface area (Å²) in [5.41, 5.74) is 5.57. The van der Waals surface area contributed by atoms with Gasteiger partial charge in [0.15, 0.2) is 0 Å². The molecule has 0 unspecified atom stereocenters. The van der Waals surface area contributed by atoms with Crippen molar-refractivity contribution in [2.24, 2.45) is 11.7 Å². The third-order valence-electron chi connectivity index (χ3n) is 2.28. The van der Waals surface area contributed by atoms with Crippen molar-refractivity contribution in [1.82, 2.24) is 14.8 Å². The lowest BCUT2D eigenvalue weighted by molar-refractivity contribution is 0.389. The smallest absolute Gasteiger partial charge is 0.133 e. The second kappa shape index (κ2) is 2.62. The summed E-state index contributed by atoms with van der Waals surface area (Å²) in [6.45, 7) is 1.80. The molecule has 0 saturated heterocycles. The van der Waals surface area contributed by atoms with E-state index in [2.05, 4.69) is 14.8 Å². The largest absolute Gasteiger partial charge is 0.330 e. The zero-order chi connectivity index (χ0) is 7.68. The van der Waals surface area contributed by atoms with Gasteiger partial charge in [0.1, 0.15) is 12.2 Å². The maximum absolute atomic E-state index is 5.57. The van der Waals surface area contributed by atoms with E-state index in [9.17, 15) is 0 Å². The lowest BCUT2D eigenvalue weighted by Crippen LogP contribution is -2.25. The first kappa shape index (κ1) is 6.79. The number of nitrogens with two attached hydrogens (primary N) is 1. The van der Waals surface area contributed by atoms with Crippen molar-refractivity contribution in [2.45, 2.75) is 19.4 Å². The molecule has 2 N–H and O–H groups in total. The summed E-state index contributed by atoms with van der Waals surface area (Å²) in [6, 6.07) is 0. The summed E-state index contributed by atoms with van der Waals surface area (Å²) in [5, 5.41) is 7.86. The van der Waals surface area contributed by atoms with Crippen LogP contribution in [0.2, 0.25) is 0 Å². The van der Waals surface area contributed by atoms with Crippen LogP contribution in [-0.4, -0.2) is 21.3 Å². The van der Waals surface area contributed by atoms with E-state index >= 15 is 0 Å². The summed E-state index contributed by atoms with van der Waals surface area (Å²) in [4.78, 5) is 0. The molecule has 0 radical (unpaired) electrons. The van der Waals surface area contributed by atoms with E-state index in [1.54, 1.807) is 6.33 Å². The number of nitrogens with zero attached hydrogens (tertiary/aromatic N) is 3. The van der Waals surface area contributed by atoms with E-state index < -0.39 is 0 Å². The molecule has 0 aliphatic carbocycles. The molecule has 0 aromatic carbocycles. The van der Waals surface area contributed by atoms with Gasteiger partial charge in [-0.2, -0.15) is 0 Å². The molecule has 11 heavy (non-hydrogen) atoms. The van der Waals surface area contributed by atoms with Crippen LogP contribution >= 0.6 is 0 Å². The summed E-state index contributed by atoms with van der Waals surface area (Å²) in [6.07, 6.45) is 3.96. The Hall–Kier alpha value is -0.900. The van der Waals surface area contributed by atoms with Gasteiger partial charge < -0.3 is 10.3 Å². The van der Waals surface area contributed by atoms with Crippen LogP contribution < -0.4 is 5.73 Å². The summed E-state index contributed by atoms with van der Waals surface area (Å²) in [5.74, 6) is 1.71. The molecule has 60 valence electrons. The number of aromatic nitrogens is 3. The Balaban J connectivity index is 2.18. The zero-order valence-corrected chi connectivity index (χ0v) is 6.40. The summed E-state index contributed by atoms with van der Waals surface area (Å²) >= 11 is 0. The standard InChI is InChI=1S/C7H12N4/c8-4-6-1-2-11-5-9-10-7(11)3-6/h5-6H,1-4,8H2/t6-/m0/s1. The molecular weight excluding hydrogens is 140 g/mol. The van der Waals surface area contributed by atoms with E-state index in [-0.39, 0.29) is 0 Å². The van der Waals surface area contributed by atoms with Gasteiger partial charge in [-0.25, -0.2) is 0 Å². The number of hydrogen-bond acceptors (Lipinski definition) is 3. The maximum Gasteiger partial charge on any atom is 0.133 e. The van der Waals surface area contributed by atoms with Crippen molar-refractivity contribution in [3.05, 3.63) is 12.2 Å². The molecule has 2 rings (SSSR count). The highest BCUT2D eigenvalue weighted by Crippen LogP contribution is 2.16. The third kappa shape index (κ3) is 1.14. The fraction of sp³-hybridized carbons (Fsp3) is 0.714. The first-order valence-corrected chi connectivity index (χ1v) is 3.97. The molecule has 1 atom stereocenters. The molecule has 4 nitrogen and oxygen atoms in total. The van der Waals surface area contributed by atoms with Gasteiger partial charge >= 0.3 is 0 Å². The molecular formula is C7H12N4. The minimum atomic E-state index is 0.617. The van der Waals surface area contributed by atoms with Crippen molar-refractivity contribution in [3.63, 3.8) is 0 Å². The average molecular weight is 152 g/mol. The number of hydrogen-bond donors (Lipinski definition) is 1. The Morgan fingerprint density at radius 3 is 3.45 bits per heavy atom. The van der Waals surface area contributed by atoms with Gasteiger partial charge in [0.05, 0.1) is 0 Å². The van der Waals surface area contributed by atoms with Crippen LogP contribution in [0.25, 0.3) is 0 Å². The summed E-state index contributed by atoms with van der Waals surface area (Å²) < 4.78 is 2.10. The van der Waals surface area contributed by atoms with Crippen LogP contribution in [-0.2, 0) is 13.0 Å². The van der Waals surface area contributed by atoms with Crippen LogP contribution in [0.15, 0.2) is 6.33 Å². The lowest BCUT2D eigenvalue weighted by atomic mass is 9.98. The third-order valence-corrected chi connectivity index (χ3v) is 2.28. The van der Waals surface area contributed by atoms with Gasteiger partial charge in [0.2, 0.25) is 0 Å². The van der Waals surface area contributed by atoms with E-state index in [4.69, 9.17) is 5.73 Å². The van der Waals surface area contributed by atoms with Gasteiger partial charge in [-0.1, -0.05) is 0 Å². The fourth-order valence-electron chi connectivity index (χ4n) is 1.51. The van der Waals surface area contributed by atoms with Gasteiger partial charge in [-0.15, -0.1) is 10.2 Å². The second-order valence-electron chi connectivity index (χ2n) is 3.04. The Morgan fingerprint density at radius 1 is 1.73 bits per heavy atom. The van der Waals surface area contributed by atoms with Crippen LogP contribution in [0.3, 0.4) is 0 Å². The normalized spacial score (nSPS) is 23.2. The monoisotopic (exact) mass is 152 g/mol. The number of fused-ring (bicyclic) bond motifs is 1. The topological polar surface area (TPSA) is 56.7 Å². The number of rotatable bonds is 1. The summed E-state index contributed by atoms with van der Waals surface area (Å²) in [7, 11) is 0. The van der Waals surface area contributed by atoms with Crippen LogP contribution in [0, 0.1) is 5.92 Å². The molecule has 0 saturated carbocycles. The lowest BCUT2D eigenvalue weighted by Gasteiger charge is -2.20. The van der Waals surface area contributed by atoms with Gasteiger partial charge in [-0.05, 0) is 18.9 Å². The molecule has 1 aromatic heterocycles. The molecule has 1 aromatic rings. The van der Waals surface area contributed by atoms with Crippen LogP contribution in [0.4, 0.5) is 0 Å². The molecule has 0 fully saturated rings. The van der Waals surface area contributed by atoms with Crippen molar-refractivity contribution < 1.29 is 0 Å². The van der Waals surface area contributed by atoms with E-state index in [0.717, 1.165) is 25.3 Å². The molecule has 0 spiro atoms. The SMILES string of the molecule is NC[C@H]1CCn2cnnc2C1. The molecule has 0 bridgehead atoms. The fourth-order valence-corrected chi connectivity index (χ4v) is 1.51. The Bertz CT molecular complexity index is 242. The van der Waals surface area contributed by atoms with Crippen LogP contribution in [0.5, 0.6) is 0 Å². The first-order valence-electron chi connectivity index (χ1n) is 3.97. The molecule has 1 aliphatic heterocycles. The predicted molar refractivity (Wildman–Crippen MR) is 40.9 cm³/mol. The highest BCUT2D eigenvalue weighted by molar-refractivity contribution is 4.92. The van der Waals surface area contributed by atoms with Crippen molar-refractivity contribution in [1.29, 1.82) is 0 Å². The van der Waals surface area contributed by atoms with Gasteiger partial charge in [0.25, 0.3) is 0 Å². The molecule has 0 amide bonds. The highest BCUT2D eigenvalue weighted by atomic mass is 15.3. The van der Waals surface area contributed by atoms with Gasteiger partial charge in [-0.3, -0.25) is 0 Å². The van der Waals surface area contributed by atoms with Gasteiger partial charge in [0, 0.05) is 13.0 Å². The van der Waals surface area contributed by atoms with Crippen LogP contribution in [0.1, 0.15) is 12.2 Å². The Morgan fingerprint density at radius 2 is 2.64 bits per heavy atom. The van der Waals surface area contributed by atoms with Crippen molar-refractivity contribution in [3.8, 4) is 0 Å². The van der Waals surface area contributed by atoms with Crippen molar-refractivity contribution in [2.75, 3.05) is 6.54 Å². The Labute approximate surface area is 65.4 Å². The minimum Gasteiger partial charge on any atom is -0.330 e. The number of aryl methyl sites for hydroxylation is 1. The minimum absolute atomic E-state index is 0.617. The Kier molecular flexibility index (Phi) is 1.62. The predicted octanol–water partition coefficient (Wildman–Crippen LogP) is -0.201. The molecule has 1 aliphatic rings. The molecule has 4 heteroatoms. The van der Waals surface area contributed by atoms with E-state index in [1.807, 2.05) is 0 Å². The maximum atomic E-state index is 5.57. The quantitative estimate of drug-likeness (QED) is 0.606. The zero-order valence-electron chi connectivity index (χ0n) is 6.40. The molecule has 2 heterocycles. The second-order valence-corrected chi connectivity index (χ2v) is 3.04. The van der Waals surface area contributed by atoms with Crippen molar-refractivity contribution >= 4 is 0 Å². The van der Waals surface area contributed by atoms with E-state index in [0.29, 0.717) is 5.92 Å².